The van der Waals surface area contributed by atoms with Gasteiger partial charge in [-0.15, -0.1) is 0 Å². The zero-order chi connectivity index (χ0) is 26.7. The number of carbonyl (C=O) groups is 1. The van der Waals surface area contributed by atoms with Crippen molar-refractivity contribution in [3.05, 3.63) is 83.7 Å². The van der Waals surface area contributed by atoms with E-state index in [4.69, 9.17) is 9.47 Å². The normalized spacial score (nSPS) is 22.9. The number of likely N-dealkylation sites (tertiary alicyclic amines) is 1. The maximum Gasteiger partial charge on any atom is 0.319 e. The molecule has 0 spiro atoms. The molecule has 3 unspecified atom stereocenters. The fraction of sp³-hybridized carbons (Fsp3) is 0.379. The number of ether oxygens (including phenoxy) is 2. The van der Waals surface area contributed by atoms with Gasteiger partial charge >= 0.3 is 6.03 Å². The van der Waals surface area contributed by atoms with Crippen molar-refractivity contribution in [3.63, 3.8) is 0 Å². The third kappa shape index (κ3) is 5.15. The lowest BCUT2D eigenvalue weighted by atomic mass is 9.65. The van der Waals surface area contributed by atoms with E-state index in [1.54, 1.807) is 20.4 Å². The first-order valence-electron chi connectivity index (χ1n) is 12.8. The molecule has 200 valence electrons. The summed E-state index contributed by atoms with van der Waals surface area (Å²) in [6.07, 6.45) is 7.07. The van der Waals surface area contributed by atoms with Gasteiger partial charge in [0, 0.05) is 48.2 Å². The molecule has 9 heteroatoms. The number of nitrogens with one attached hydrogen (secondary N) is 2. The summed E-state index contributed by atoms with van der Waals surface area (Å²) in [5.41, 5.74) is 2.45. The van der Waals surface area contributed by atoms with Crippen molar-refractivity contribution in [2.75, 3.05) is 26.1 Å². The second-order valence-electron chi connectivity index (χ2n) is 10.0. The highest BCUT2D eigenvalue weighted by atomic mass is 19.2. The molecule has 1 saturated carbocycles. The fourth-order valence-electron chi connectivity index (χ4n) is 6.10. The number of rotatable bonds is 7. The lowest BCUT2D eigenvalue weighted by molar-refractivity contribution is 0.131. The van der Waals surface area contributed by atoms with Crippen molar-refractivity contribution >= 4 is 11.7 Å². The summed E-state index contributed by atoms with van der Waals surface area (Å²) in [7, 11) is 3.28. The zero-order valence-electron chi connectivity index (χ0n) is 21.5. The van der Waals surface area contributed by atoms with Crippen LogP contribution in [0.5, 0.6) is 11.5 Å². The van der Waals surface area contributed by atoms with Crippen LogP contribution in [0, 0.1) is 11.6 Å². The number of carbonyl (C=O) groups excluding carboxylic acids is 1. The molecular weight excluding hydrogens is 490 g/mol. The van der Waals surface area contributed by atoms with Crippen LogP contribution in [0.3, 0.4) is 0 Å². The van der Waals surface area contributed by atoms with Gasteiger partial charge < -0.3 is 20.1 Å². The third-order valence-electron chi connectivity index (χ3n) is 7.95. The lowest BCUT2D eigenvalue weighted by Crippen LogP contribution is -2.52. The molecule has 3 aromatic rings. The summed E-state index contributed by atoms with van der Waals surface area (Å²) in [5.74, 6) is -0.560. The second-order valence-corrected chi connectivity index (χ2v) is 10.0. The minimum Gasteiger partial charge on any atom is -0.493 e. The van der Waals surface area contributed by atoms with E-state index < -0.39 is 17.7 Å². The highest BCUT2D eigenvalue weighted by Gasteiger charge is 2.51. The van der Waals surface area contributed by atoms with E-state index in [0.717, 1.165) is 56.5 Å². The van der Waals surface area contributed by atoms with Crippen LogP contribution in [0.2, 0.25) is 0 Å². The Balaban J connectivity index is 1.37. The van der Waals surface area contributed by atoms with E-state index in [2.05, 4.69) is 38.7 Å². The molecule has 1 aromatic heterocycles. The molecule has 3 atom stereocenters. The summed E-state index contributed by atoms with van der Waals surface area (Å²) in [5, 5.41) is 5.69. The van der Waals surface area contributed by atoms with E-state index in [9.17, 15) is 13.6 Å². The number of halogens is 2. The largest absolute Gasteiger partial charge is 0.493 e. The molecule has 2 N–H and O–H groups in total. The summed E-state index contributed by atoms with van der Waals surface area (Å²) in [6, 6.07) is 13.2. The Bertz CT molecular complexity index is 1290. The SMILES string of the molecule is COc1ccc(C23CCC(NC(=O)Nc4ccc(F)c(F)c4)CC2N(Cc2cccnc2)CC3)cc1OC. The van der Waals surface area contributed by atoms with E-state index in [1.807, 2.05) is 18.3 Å². The van der Waals surface area contributed by atoms with Crippen molar-refractivity contribution < 1.29 is 23.0 Å². The highest BCUT2D eigenvalue weighted by Crippen LogP contribution is 2.50. The average molecular weight is 523 g/mol. The summed E-state index contributed by atoms with van der Waals surface area (Å²) < 4.78 is 37.9. The van der Waals surface area contributed by atoms with Crippen molar-refractivity contribution in [2.24, 2.45) is 0 Å². The molecule has 2 fully saturated rings. The Morgan fingerprint density at radius 3 is 2.66 bits per heavy atom. The monoisotopic (exact) mass is 522 g/mol. The molecule has 2 aliphatic rings. The highest BCUT2D eigenvalue weighted by molar-refractivity contribution is 5.89. The van der Waals surface area contributed by atoms with E-state index in [1.165, 1.54) is 11.6 Å². The number of pyridine rings is 1. The van der Waals surface area contributed by atoms with Crippen LogP contribution in [0.15, 0.2) is 60.9 Å². The summed E-state index contributed by atoms with van der Waals surface area (Å²) in [6.45, 7) is 1.68. The predicted octanol–water partition coefficient (Wildman–Crippen LogP) is 5.26. The number of benzene rings is 2. The van der Waals surface area contributed by atoms with Crippen LogP contribution >= 0.6 is 0 Å². The van der Waals surface area contributed by atoms with E-state index >= 15 is 0 Å². The van der Waals surface area contributed by atoms with Gasteiger partial charge in [0.15, 0.2) is 23.1 Å². The molecule has 2 amide bonds. The van der Waals surface area contributed by atoms with Crippen LogP contribution in [-0.2, 0) is 12.0 Å². The molecular formula is C29H32F2N4O3. The number of urea groups is 1. The molecule has 1 aliphatic heterocycles. The van der Waals surface area contributed by atoms with Gasteiger partial charge in [0.05, 0.1) is 14.2 Å². The first-order valence-corrected chi connectivity index (χ1v) is 12.8. The number of fused-ring (bicyclic) bond motifs is 1. The second kappa shape index (κ2) is 10.9. The molecule has 5 rings (SSSR count). The van der Waals surface area contributed by atoms with Gasteiger partial charge in [-0.05, 0) is 73.7 Å². The number of nitrogens with zero attached hydrogens (tertiary/aromatic N) is 2. The predicted molar refractivity (Wildman–Crippen MR) is 140 cm³/mol. The number of amides is 2. The number of hydrogen-bond donors (Lipinski definition) is 2. The molecule has 38 heavy (non-hydrogen) atoms. The number of methoxy groups -OCH3 is 2. The van der Waals surface area contributed by atoms with Crippen LogP contribution in [0.25, 0.3) is 0 Å². The van der Waals surface area contributed by atoms with Gasteiger partial charge in [-0.2, -0.15) is 0 Å². The molecule has 2 heterocycles. The Hall–Kier alpha value is -3.72. The number of anilines is 1. The topological polar surface area (TPSA) is 75.7 Å². The number of aromatic nitrogens is 1. The first kappa shape index (κ1) is 25.9. The smallest absolute Gasteiger partial charge is 0.319 e. The Kier molecular flexibility index (Phi) is 7.46. The van der Waals surface area contributed by atoms with Gasteiger partial charge in [-0.1, -0.05) is 12.1 Å². The van der Waals surface area contributed by atoms with Crippen LogP contribution in [-0.4, -0.2) is 48.8 Å². The van der Waals surface area contributed by atoms with E-state index in [0.29, 0.717) is 11.5 Å². The molecule has 2 aromatic carbocycles. The van der Waals surface area contributed by atoms with Crippen molar-refractivity contribution in [2.45, 2.75) is 49.7 Å². The third-order valence-corrected chi connectivity index (χ3v) is 7.95. The lowest BCUT2D eigenvalue weighted by Gasteiger charge is -2.45. The van der Waals surface area contributed by atoms with Crippen LogP contribution in [0.4, 0.5) is 19.3 Å². The number of hydrogen-bond acceptors (Lipinski definition) is 5. The fourth-order valence-corrected chi connectivity index (χ4v) is 6.10. The maximum absolute atomic E-state index is 13.6. The zero-order valence-corrected chi connectivity index (χ0v) is 21.5. The minimum atomic E-state index is -1.00. The van der Waals surface area contributed by atoms with Gasteiger partial charge in [-0.25, -0.2) is 13.6 Å². The summed E-state index contributed by atoms with van der Waals surface area (Å²) >= 11 is 0. The molecule has 7 nitrogen and oxygen atoms in total. The standard InChI is InChI=1S/C29H32F2N4O3/c1-37-25-8-5-20(14-26(25)38-2)29-10-9-22(34-28(36)33-21-6-7-23(30)24(31)15-21)16-27(29)35(13-11-29)18-19-4-3-12-32-17-19/h3-8,12,14-15,17,22,27H,9-11,13,16,18H2,1-2H3,(H2,33,34,36). The van der Waals surface area contributed by atoms with Crippen LogP contribution < -0.4 is 20.1 Å². The Morgan fingerprint density at radius 1 is 1.08 bits per heavy atom. The molecule has 0 radical (unpaired) electrons. The molecule has 1 saturated heterocycles. The molecule has 1 aliphatic carbocycles. The van der Waals surface area contributed by atoms with Crippen LogP contribution in [0.1, 0.15) is 36.8 Å². The average Bonchev–Trinajstić information content (AvgIpc) is 3.29. The van der Waals surface area contributed by atoms with Gasteiger partial charge in [0.2, 0.25) is 0 Å². The van der Waals surface area contributed by atoms with Crippen molar-refractivity contribution in [3.8, 4) is 11.5 Å². The van der Waals surface area contributed by atoms with Gasteiger partial charge in [-0.3, -0.25) is 9.88 Å². The van der Waals surface area contributed by atoms with Gasteiger partial charge in [0.1, 0.15) is 0 Å². The Morgan fingerprint density at radius 2 is 1.92 bits per heavy atom. The quantitative estimate of drug-likeness (QED) is 0.443. The van der Waals surface area contributed by atoms with Crippen molar-refractivity contribution in [1.29, 1.82) is 0 Å². The summed E-state index contributed by atoms with van der Waals surface area (Å²) in [4.78, 5) is 19.5. The van der Waals surface area contributed by atoms with Crippen molar-refractivity contribution in [1.82, 2.24) is 15.2 Å². The minimum absolute atomic E-state index is 0.0759. The molecule has 0 bridgehead atoms. The van der Waals surface area contributed by atoms with Gasteiger partial charge in [0.25, 0.3) is 0 Å². The first-order chi connectivity index (χ1) is 18.4. The maximum atomic E-state index is 13.6. The Labute approximate surface area is 221 Å². The van der Waals surface area contributed by atoms with E-state index in [-0.39, 0.29) is 23.2 Å².